The van der Waals surface area contributed by atoms with Crippen LogP contribution in [0, 0.1) is 6.92 Å². The number of hydrogen-bond donors (Lipinski definition) is 0. The first-order valence-corrected chi connectivity index (χ1v) is 12.7. The Morgan fingerprint density at radius 1 is 1.07 bits per heavy atom. The molecule has 0 atom stereocenters. The van der Waals surface area contributed by atoms with Gasteiger partial charge in [-0.1, -0.05) is 42.3 Å². The number of aryl methyl sites for hydroxylation is 1. The molecule has 0 radical (unpaired) electrons. The minimum Gasteiger partial charge on any atom is -0.342 e. The molecular weight excluding hydrogens is 408 g/mol. The number of thioether (sulfide) groups is 1. The molecule has 1 aliphatic heterocycles. The molecule has 1 saturated heterocycles. The van der Waals surface area contributed by atoms with Crippen molar-refractivity contribution < 1.29 is 13.2 Å². The van der Waals surface area contributed by atoms with Crippen molar-refractivity contribution in [2.75, 3.05) is 18.8 Å². The highest BCUT2D eigenvalue weighted by atomic mass is 32.2. The highest BCUT2D eigenvalue weighted by Crippen LogP contribution is 2.22. The van der Waals surface area contributed by atoms with Gasteiger partial charge >= 0.3 is 0 Å². The third-order valence-corrected chi connectivity index (χ3v) is 7.67. The molecule has 2 aromatic rings. The molecule has 0 aliphatic carbocycles. The first kappa shape index (κ1) is 21.8. The molecule has 9 heteroatoms. The van der Waals surface area contributed by atoms with Crippen molar-refractivity contribution in [3.05, 3.63) is 35.7 Å². The molecule has 158 valence electrons. The van der Waals surface area contributed by atoms with Gasteiger partial charge in [0.2, 0.25) is 5.91 Å². The Hall–Kier alpha value is -1.87. The van der Waals surface area contributed by atoms with Crippen LogP contribution in [0.25, 0.3) is 0 Å². The van der Waals surface area contributed by atoms with Gasteiger partial charge in [-0.25, -0.2) is 8.42 Å². The quantitative estimate of drug-likeness (QED) is 0.620. The topological polar surface area (TPSA) is 85.2 Å². The number of carbonyl (C=O) groups excluding carboxylic acids is 1. The fraction of sp³-hybridized carbons (Fsp3) is 0.550. The fourth-order valence-corrected chi connectivity index (χ4v) is 5.58. The summed E-state index contributed by atoms with van der Waals surface area (Å²) < 4.78 is 27.3. The normalized spacial score (nSPS) is 15.3. The molecule has 1 aromatic heterocycles. The average Bonchev–Trinajstić information content (AvgIpc) is 2.89. The van der Waals surface area contributed by atoms with Gasteiger partial charge in [0, 0.05) is 19.6 Å². The Morgan fingerprint density at radius 2 is 1.72 bits per heavy atom. The number of amides is 1. The zero-order chi connectivity index (χ0) is 20.9. The van der Waals surface area contributed by atoms with E-state index in [4.69, 9.17) is 0 Å². The first-order valence-electron chi connectivity index (χ1n) is 10.0. The van der Waals surface area contributed by atoms with Crippen LogP contribution in [0.5, 0.6) is 0 Å². The second-order valence-corrected chi connectivity index (χ2v) is 10.2. The third kappa shape index (κ3) is 5.60. The van der Waals surface area contributed by atoms with Crippen LogP contribution in [0.3, 0.4) is 0 Å². The Balaban J connectivity index is 1.68. The second-order valence-electron chi connectivity index (χ2n) is 7.30. The molecule has 3 rings (SSSR count). The first-order chi connectivity index (χ1) is 13.9. The van der Waals surface area contributed by atoms with Gasteiger partial charge in [-0.2, -0.15) is 0 Å². The molecule has 2 heterocycles. The van der Waals surface area contributed by atoms with E-state index in [0.717, 1.165) is 31.5 Å². The number of likely N-dealkylation sites (tertiary alicyclic amines) is 1. The monoisotopic (exact) mass is 436 g/mol. The molecule has 1 amide bonds. The molecule has 7 nitrogen and oxygen atoms in total. The number of nitrogens with zero attached hydrogens (tertiary/aromatic N) is 4. The van der Waals surface area contributed by atoms with Gasteiger partial charge in [0.15, 0.2) is 15.0 Å². The summed E-state index contributed by atoms with van der Waals surface area (Å²) in [6, 6.07) is 6.81. The second kappa shape index (κ2) is 9.75. The Kier molecular flexibility index (Phi) is 7.34. The van der Waals surface area contributed by atoms with Gasteiger partial charge in [0.25, 0.3) is 0 Å². The van der Waals surface area contributed by atoms with Crippen molar-refractivity contribution >= 4 is 27.5 Å². The lowest BCUT2D eigenvalue weighted by Gasteiger charge is -2.19. The lowest BCUT2D eigenvalue weighted by Crippen LogP contribution is -2.33. The van der Waals surface area contributed by atoms with Crippen LogP contribution in [0.2, 0.25) is 0 Å². The molecule has 0 N–H and O–H groups in total. The number of rotatable bonds is 7. The van der Waals surface area contributed by atoms with Gasteiger partial charge in [0.05, 0.1) is 10.6 Å². The molecule has 0 saturated carbocycles. The van der Waals surface area contributed by atoms with Crippen LogP contribution < -0.4 is 0 Å². The van der Waals surface area contributed by atoms with Crippen molar-refractivity contribution in [1.29, 1.82) is 0 Å². The lowest BCUT2D eigenvalue weighted by molar-refractivity contribution is -0.128. The highest BCUT2D eigenvalue weighted by molar-refractivity contribution is 7.99. The van der Waals surface area contributed by atoms with Crippen molar-refractivity contribution in [3.63, 3.8) is 0 Å². The smallest absolute Gasteiger partial charge is 0.233 e. The summed E-state index contributed by atoms with van der Waals surface area (Å²) in [7, 11) is -3.51. The summed E-state index contributed by atoms with van der Waals surface area (Å²) >= 11 is 1.33. The van der Waals surface area contributed by atoms with Gasteiger partial charge in [0.1, 0.15) is 11.6 Å². The molecular formula is C20H28N4O3S2. The van der Waals surface area contributed by atoms with Crippen molar-refractivity contribution in [2.24, 2.45) is 0 Å². The number of benzene rings is 1. The Labute approximate surface area is 176 Å². The van der Waals surface area contributed by atoms with Gasteiger partial charge in [-0.3, -0.25) is 4.79 Å². The predicted molar refractivity (Wildman–Crippen MR) is 114 cm³/mol. The van der Waals surface area contributed by atoms with Crippen LogP contribution >= 0.6 is 11.8 Å². The predicted octanol–water partition coefficient (Wildman–Crippen LogP) is 3.08. The maximum atomic E-state index is 12.7. The fourth-order valence-electron chi connectivity index (χ4n) is 3.39. The summed E-state index contributed by atoms with van der Waals surface area (Å²) in [4.78, 5) is 14.7. The van der Waals surface area contributed by atoms with E-state index >= 15 is 0 Å². The summed E-state index contributed by atoms with van der Waals surface area (Å²) in [5.41, 5.74) is 1.01. The molecule has 29 heavy (non-hydrogen) atoms. The van der Waals surface area contributed by atoms with Crippen LogP contribution in [0.1, 0.15) is 44.0 Å². The van der Waals surface area contributed by atoms with Gasteiger partial charge in [-0.15, -0.1) is 10.2 Å². The summed E-state index contributed by atoms with van der Waals surface area (Å²) in [6.45, 7) is 6.03. The van der Waals surface area contributed by atoms with Crippen LogP contribution in [-0.4, -0.2) is 52.8 Å². The van der Waals surface area contributed by atoms with Crippen LogP contribution in [0.15, 0.2) is 34.3 Å². The molecule has 0 unspecified atom stereocenters. The Morgan fingerprint density at radius 3 is 2.34 bits per heavy atom. The molecule has 0 bridgehead atoms. The maximum absolute atomic E-state index is 12.7. The van der Waals surface area contributed by atoms with Gasteiger partial charge < -0.3 is 9.47 Å². The van der Waals surface area contributed by atoms with E-state index in [-0.39, 0.29) is 16.6 Å². The van der Waals surface area contributed by atoms with E-state index in [1.54, 1.807) is 28.8 Å². The number of sulfone groups is 1. The Bertz CT molecular complexity index is 931. The van der Waals surface area contributed by atoms with Crippen molar-refractivity contribution in [2.45, 2.75) is 61.9 Å². The van der Waals surface area contributed by atoms with Crippen LogP contribution in [0.4, 0.5) is 0 Å². The van der Waals surface area contributed by atoms with E-state index in [2.05, 4.69) is 10.2 Å². The maximum Gasteiger partial charge on any atom is 0.233 e. The molecule has 1 aromatic carbocycles. The van der Waals surface area contributed by atoms with Crippen molar-refractivity contribution in [1.82, 2.24) is 19.7 Å². The average molecular weight is 437 g/mol. The van der Waals surface area contributed by atoms with E-state index in [1.807, 2.05) is 18.7 Å². The van der Waals surface area contributed by atoms with Crippen LogP contribution in [-0.2, 0) is 26.9 Å². The molecule has 0 spiro atoms. The zero-order valence-corrected chi connectivity index (χ0v) is 18.6. The number of aromatic nitrogens is 3. The minimum atomic E-state index is -3.51. The standard InChI is InChI=1S/C20H28N4O3S2/c1-3-24-18(15-29(26,27)17-10-8-16(2)9-11-17)21-22-20(24)28-14-19(25)23-12-6-4-5-7-13-23/h8-11H,3-7,12-15H2,1-2H3. The summed E-state index contributed by atoms with van der Waals surface area (Å²) in [5, 5.41) is 8.85. The molecule has 1 fully saturated rings. The summed E-state index contributed by atoms with van der Waals surface area (Å²) in [6.07, 6.45) is 4.48. The third-order valence-electron chi connectivity index (χ3n) is 5.09. The summed E-state index contributed by atoms with van der Waals surface area (Å²) in [5.74, 6) is 0.592. The zero-order valence-electron chi connectivity index (χ0n) is 17.0. The highest BCUT2D eigenvalue weighted by Gasteiger charge is 2.22. The SMILES string of the molecule is CCn1c(CS(=O)(=O)c2ccc(C)cc2)nnc1SCC(=O)N1CCCCCC1. The number of hydrogen-bond acceptors (Lipinski definition) is 6. The molecule has 1 aliphatic rings. The largest absolute Gasteiger partial charge is 0.342 e. The van der Waals surface area contributed by atoms with E-state index in [9.17, 15) is 13.2 Å². The van der Waals surface area contributed by atoms with Gasteiger partial charge in [-0.05, 0) is 38.8 Å². The lowest BCUT2D eigenvalue weighted by atomic mass is 10.2. The minimum absolute atomic E-state index is 0.108. The van der Waals surface area contributed by atoms with E-state index < -0.39 is 9.84 Å². The van der Waals surface area contributed by atoms with E-state index in [1.165, 1.54) is 24.6 Å². The van der Waals surface area contributed by atoms with Crippen molar-refractivity contribution in [3.8, 4) is 0 Å². The van der Waals surface area contributed by atoms with E-state index in [0.29, 0.717) is 23.3 Å². The number of carbonyl (C=O) groups is 1.